The number of carbonyl (C=O) groups excluding carboxylic acids is 3. The maximum atomic E-state index is 13.8. The van der Waals surface area contributed by atoms with Gasteiger partial charge in [0.1, 0.15) is 12.6 Å². The van der Waals surface area contributed by atoms with Gasteiger partial charge in [-0.25, -0.2) is 4.79 Å². The Morgan fingerprint density at radius 1 is 0.907 bits per heavy atom. The fraction of sp³-hybridized carbons (Fsp3) is 0.583. The van der Waals surface area contributed by atoms with Crippen LogP contribution in [0.1, 0.15) is 102 Å². The maximum Gasteiger partial charge on any atom is 0.329 e. The number of amides is 1. The number of ether oxygens (including phenoxy) is 2. The average Bonchev–Trinajstić information content (AvgIpc) is 3.64. The van der Waals surface area contributed by atoms with Crippen molar-refractivity contribution in [3.63, 3.8) is 0 Å². The smallest absolute Gasteiger partial charge is 0.329 e. The summed E-state index contributed by atoms with van der Waals surface area (Å²) in [7, 11) is 0. The minimum atomic E-state index is -0.551. The molecule has 1 heterocycles. The van der Waals surface area contributed by atoms with Gasteiger partial charge in [0.25, 0.3) is 0 Å². The van der Waals surface area contributed by atoms with E-state index in [0.717, 1.165) is 43.2 Å². The zero-order chi connectivity index (χ0) is 30.4. The van der Waals surface area contributed by atoms with Gasteiger partial charge in [0.05, 0.1) is 18.6 Å². The van der Waals surface area contributed by atoms with E-state index in [1.807, 2.05) is 72.5 Å². The fourth-order valence-electron chi connectivity index (χ4n) is 6.66. The second-order valence-electron chi connectivity index (χ2n) is 12.2. The van der Waals surface area contributed by atoms with E-state index in [9.17, 15) is 14.4 Å². The number of benzene rings is 2. The van der Waals surface area contributed by atoms with Crippen LogP contribution in [0.25, 0.3) is 0 Å². The summed E-state index contributed by atoms with van der Waals surface area (Å²) in [6.07, 6.45) is 11.0. The average molecular weight is 591 g/mol. The van der Waals surface area contributed by atoms with Gasteiger partial charge in [0.15, 0.2) is 0 Å². The largest absolute Gasteiger partial charge is 0.465 e. The molecule has 2 fully saturated rings. The predicted molar refractivity (Wildman–Crippen MR) is 168 cm³/mol. The maximum absolute atomic E-state index is 13.8. The van der Waals surface area contributed by atoms with Crippen molar-refractivity contribution in [1.29, 1.82) is 0 Å². The van der Waals surface area contributed by atoms with E-state index in [4.69, 9.17) is 9.47 Å². The van der Waals surface area contributed by atoms with E-state index in [-0.39, 0.29) is 30.5 Å². The van der Waals surface area contributed by atoms with Crippen LogP contribution in [0.2, 0.25) is 0 Å². The van der Waals surface area contributed by atoms with Crippen molar-refractivity contribution < 1.29 is 23.9 Å². The van der Waals surface area contributed by atoms with E-state index in [1.54, 1.807) is 0 Å². The highest BCUT2D eigenvalue weighted by Gasteiger charge is 2.50. The number of unbranched alkanes of at least 4 members (excludes halogenated alkanes) is 5. The van der Waals surface area contributed by atoms with Crippen LogP contribution >= 0.6 is 0 Å². The molecule has 0 bridgehead atoms. The molecule has 7 heteroatoms. The number of nitrogens with one attached hydrogen (secondary N) is 1. The molecule has 1 unspecified atom stereocenters. The van der Waals surface area contributed by atoms with Gasteiger partial charge in [0, 0.05) is 6.04 Å². The Morgan fingerprint density at radius 3 is 2.35 bits per heavy atom. The molecule has 1 N–H and O–H groups in total. The van der Waals surface area contributed by atoms with E-state index in [1.165, 1.54) is 25.7 Å². The topological polar surface area (TPSA) is 84.9 Å². The van der Waals surface area contributed by atoms with E-state index >= 15 is 0 Å². The Kier molecular flexibility index (Phi) is 13.1. The second kappa shape index (κ2) is 17.2. The lowest BCUT2D eigenvalue weighted by Crippen LogP contribution is -2.52. The van der Waals surface area contributed by atoms with E-state index in [2.05, 4.69) is 12.2 Å². The summed E-state index contributed by atoms with van der Waals surface area (Å²) in [5.74, 6) is -0.666. The first-order valence-corrected chi connectivity index (χ1v) is 16.5. The highest BCUT2D eigenvalue weighted by atomic mass is 16.5. The van der Waals surface area contributed by atoms with Gasteiger partial charge in [-0.3, -0.25) is 9.59 Å². The molecule has 2 aromatic carbocycles. The zero-order valence-electron chi connectivity index (χ0n) is 26.0. The van der Waals surface area contributed by atoms with Crippen LogP contribution in [0.15, 0.2) is 60.7 Å². The van der Waals surface area contributed by atoms with Gasteiger partial charge in [-0.05, 0) is 62.6 Å². The molecule has 1 saturated carbocycles. The highest BCUT2D eigenvalue weighted by Crippen LogP contribution is 2.42. The van der Waals surface area contributed by atoms with Crippen molar-refractivity contribution in [3.05, 3.63) is 71.8 Å². The SMILES string of the molecule is CCCCCCCCOC(=O)C(CCN[C@@H](C)C(=O)N1[C@H](C(=O)OCc2ccccc2)C[C@@H]2CCC[C@@H]21)c1ccccc1. The van der Waals surface area contributed by atoms with Crippen LogP contribution in [0.3, 0.4) is 0 Å². The third kappa shape index (κ3) is 9.40. The molecule has 234 valence electrons. The number of nitrogens with zero attached hydrogens (tertiary/aromatic N) is 1. The summed E-state index contributed by atoms with van der Waals surface area (Å²) in [5, 5.41) is 3.36. The molecule has 0 radical (unpaired) electrons. The molecule has 43 heavy (non-hydrogen) atoms. The normalized spacial score (nSPS) is 20.8. The molecule has 0 aromatic heterocycles. The van der Waals surface area contributed by atoms with Crippen molar-refractivity contribution in [2.45, 2.75) is 115 Å². The van der Waals surface area contributed by atoms with E-state index in [0.29, 0.717) is 31.9 Å². The highest BCUT2D eigenvalue weighted by molar-refractivity contribution is 5.88. The summed E-state index contributed by atoms with van der Waals surface area (Å²) < 4.78 is 11.4. The van der Waals surface area contributed by atoms with Crippen LogP contribution in [0.4, 0.5) is 0 Å². The Labute approximate surface area is 257 Å². The monoisotopic (exact) mass is 590 g/mol. The standard InChI is InChI=1S/C36H50N2O5/c1-3-4-5-6-7-14-24-42-35(40)31(29-18-12-9-13-19-29)22-23-37-27(2)34(39)38-32-21-15-20-30(32)25-33(38)36(41)43-26-28-16-10-8-11-17-28/h8-13,16-19,27,30-33,37H,3-7,14-15,20-26H2,1-2H3/t27-,30-,31?,32-,33-/m0/s1. The van der Waals surface area contributed by atoms with Crippen LogP contribution in [0, 0.1) is 5.92 Å². The summed E-state index contributed by atoms with van der Waals surface area (Å²) in [4.78, 5) is 41.9. The van der Waals surface area contributed by atoms with Crippen LogP contribution in [-0.4, -0.2) is 54.0 Å². The lowest BCUT2D eigenvalue weighted by Gasteiger charge is -2.31. The summed E-state index contributed by atoms with van der Waals surface area (Å²) in [6.45, 7) is 5.18. The molecular weight excluding hydrogens is 540 g/mol. The first-order valence-electron chi connectivity index (χ1n) is 16.5. The summed E-state index contributed by atoms with van der Waals surface area (Å²) >= 11 is 0. The Morgan fingerprint density at radius 2 is 1.60 bits per heavy atom. The zero-order valence-corrected chi connectivity index (χ0v) is 26.0. The number of esters is 2. The van der Waals surface area contributed by atoms with Gasteiger partial charge in [-0.2, -0.15) is 0 Å². The van der Waals surface area contributed by atoms with Gasteiger partial charge in [-0.1, -0.05) is 106 Å². The number of fused-ring (bicyclic) bond motifs is 1. The molecule has 5 atom stereocenters. The lowest BCUT2D eigenvalue weighted by atomic mass is 9.95. The number of likely N-dealkylation sites (tertiary alicyclic amines) is 1. The van der Waals surface area contributed by atoms with E-state index < -0.39 is 18.0 Å². The molecule has 7 nitrogen and oxygen atoms in total. The van der Waals surface area contributed by atoms with Crippen molar-refractivity contribution >= 4 is 17.8 Å². The molecule has 4 rings (SSSR count). The Balaban J connectivity index is 1.30. The summed E-state index contributed by atoms with van der Waals surface area (Å²) in [5.41, 5.74) is 1.85. The molecule has 1 saturated heterocycles. The number of hydrogen-bond donors (Lipinski definition) is 1. The van der Waals surface area contributed by atoms with Gasteiger partial charge >= 0.3 is 11.9 Å². The Bertz CT molecular complexity index is 1140. The minimum Gasteiger partial charge on any atom is -0.465 e. The van der Waals surface area contributed by atoms with Crippen LogP contribution < -0.4 is 5.32 Å². The molecule has 1 amide bonds. The number of carbonyl (C=O) groups is 3. The second-order valence-corrected chi connectivity index (χ2v) is 12.2. The quantitative estimate of drug-likeness (QED) is 0.166. The van der Waals surface area contributed by atoms with Crippen molar-refractivity contribution in [2.24, 2.45) is 5.92 Å². The molecule has 2 aliphatic rings. The molecule has 1 aliphatic carbocycles. The molecule has 1 aliphatic heterocycles. The van der Waals surface area contributed by atoms with Gasteiger partial charge < -0.3 is 19.7 Å². The van der Waals surface area contributed by atoms with Crippen molar-refractivity contribution in [1.82, 2.24) is 10.2 Å². The van der Waals surface area contributed by atoms with Crippen molar-refractivity contribution in [3.8, 4) is 0 Å². The fourth-order valence-corrected chi connectivity index (χ4v) is 6.66. The number of rotatable bonds is 17. The molecule has 2 aromatic rings. The third-order valence-electron chi connectivity index (χ3n) is 9.07. The third-order valence-corrected chi connectivity index (χ3v) is 9.07. The first-order chi connectivity index (χ1) is 21.0. The minimum absolute atomic E-state index is 0.0713. The number of hydrogen-bond acceptors (Lipinski definition) is 6. The lowest BCUT2D eigenvalue weighted by molar-refractivity contribution is -0.156. The van der Waals surface area contributed by atoms with Gasteiger partial charge in [-0.15, -0.1) is 0 Å². The molecular formula is C36H50N2O5. The van der Waals surface area contributed by atoms with Gasteiger partial charge in [0.2, 0.25) is 5.91 Å². The van der Waals surface area contributed by atoms with Crippen molar-refractivity contribution in [2.75, 3.05) is 13.2 Å². The van der Waals surface area contributed by atoms with Crippen LogP contribution in [0.5, 0.6) is 0 Å². The molecule has 0 spiro atoms. The summed E-state index contributed by atoms with van der Waals surface area (Å²) in [6, 6.07) is 18.4. The van der Waals surface area contributed by atoms with Crippen LogP contribution in [-0.2, 0) is 30.5 Å². The first kappa shape index (κ1) is 32.7. The Hall–Kier alpha value is -3.19. The predicted octanol–water partition coefficient (Wildman–Crippen LogP) is 6.56.